The standard InChI is InChI=1S/C8H7NO4/c10-7(11)3-5-4-9-2-1-6(5)8(12)13/h1-2,4H,3H2,(H,10,11)(H,12,13). The molecule has 1 heterocycles. The summed E-state index contributed by atoms with van der Waals surface area (Å²) in [6.07, 6.45) is 2.24. The number of rotatable bonds is 3. The maximum Gasteiger partial charge on any atom is 0.336 e. The molecule has 0 fully saturated rings. The Hall–Kier alpha value is -1.91. The van der Waals surface area contributed by atoms with E-state index in [1.165, 1.54) is 18.5 Å². The van der Waals surface area contributed by atoms with E-state index < -0.39 is 11.9 Å². The van der Waals surface area contributed by atoms with Crippen molar-refractivity contribution in [2.24, 2.45) is 0 Å². The van der Waals surface area contributed by atoms with E-state index >= 15 is 0 Å². The van der Waals surface area contributed by atoms with Gasteiger partial charge in [0.2, 0.25) is 0 Å². The Kier molecular flexibility index (Phi) is 2.59. The normalized spacial score (nSPS) is 9.54. The smallest absolute Gasteiger partial charge is 0.336 e. The van der Waals surface area contributed by atoms with Crippen molar-refractivity contribution in [2.75, 3.05) is 0 Å². The number of hydrogen-bond acceptors (Lipinski definition) is 3. The van der Waals surface area contributed by atoms with Crippen molar-refractivity contribution in [3.8, 4) is 0 Å². The topological polar surface area (TPSA) is 87.5 Å². The number of nitrogens with zero attached hydrogens (tertiary/aromatic N) is 1. The first-order valence-corrected chi connectivity index (χ1v) is 3.49. The van der Waals surface area contributed by atoms with Crippen molar-refractivity contribution in [3.63, 3.8) is 0 Å². The first-order valence-electron chi connectivity index (χ1n) is 3.49. The van der Waals surface area contributed by atoms with Crippen molar-refractivity contribution < 1.29 is 19.8 Å². The monoisotopic (exact) mass is 181 g/mol. The summed E-state index contributed by atoms with van der Waals surface area (Å²) in [7, 11) is 0. The fourth-order valence-corrected chi connectivity index (χ4v) is 0.940. The Morgan fingerprint density at radius 3 is 2.62 bits per heavy atom. The Morgan fingerprint density at radius 1 is 1.38 bits per heavy atom. The zero-order valence-electron chi connectivity index (χ0n) is 6.60. The molecule has 0 bridgehead atoms. The summed E-state index contributed by atoms with van der Waals surface area (Å²) in [5, 5.41) is 17.1. The van der Waals surface area contributed by atoms with E-state index in [1.807, 2.05) is 0 Å². The van der Waals surface area contributed by atoms with Crippen LogP contribution in [0.15, 0.2) is 18.5 Å². The minimum atomic E-state index is -1.14. The van der Waals surface area contributed by atoms with Crippen LogP contribution in [0.5, 0.6) is 0 Å². The van der Waals surface area contributed by atoms with Gasteiger partial charge in [0.25, 0.3) is 0 Å². The van der Waals surface area contributed by atoms with E-state index in [0.717, 1.165) is 0 Å². The SMILES string of the molecule is O=C(O)Cc1cnccc1C(=O)O. The first kappa shape index (κ1) is 9.18. The Balaban J connectivity index is 3.04. The summed E-state index contributed by atoms with van der Waals surface area (Å²) >= 11 is 0. The van der Waals surface area contributed by atoms with Gasteiger partial charge in [0.1, 0.15) is 0 Å². The van der Waals surface area contributed by atoms with Gasteiger partial charge in [-0.15, -0.1) is 0 Å². The maximum absolute atomic E-state index is 10.6. The zero-order chi connectivity index (χ0) is 9.84. The third-order valence-electron chi connectivity index (χ3n) is 1.48. The summed E-state index contributed by atoms with van der Waals surface area (Å²) < 4.78 is 0. The zero-order valence-corrected chi connectivity index (χ0v) is 6.60. The van der Waals surface area contributed by atoms with Crippen LogP contribution in [0.25, 0.3) is 0 Å². The van der Waals surface area contributed by atoms with Gasteiger partial charge < -0.3 is 10.2 Å². The van der Waals surface area contributed by atoms with E-state index in [4.69, 9.17) is 10.2 Å². The minimum Gasteiger partial charge on any atom is -0.481 e. The number of carbonyl (C=O) groups is 2. The van der Waals surface area contributed by atoms with Gasteiger partial charge in [-0.05, 0) is 11.6 Å². The molecule has 68 valence electrons. The van der Waals surface area contributed by atoms with Crippen molar-refractivity contribution in [2.45, 2.75) is 6.42 Å². The molecule has 0 radical (unpaired) electrons. The molecule has 2 N–H and O–H groups in total. The quantitative estimate of drug-likeness (QED) is 0.704. The average Bonchev–Trinajstić information content (AvgIpc) is 2.03. The molecular formula is C8H7NO4. The third-order valence-corrected chi connectivity index (χ3v) is 1.48. The molecule has 5 nitrogen and oxygen atoms in total. The van der Waals surface area contributed by atoms with E-state index in [1.54, 1.807) is 0 Å². The molecule has 0 aliphatic carbocycles. The minimum absolute atomic E-state index is 0.0163. The molecule has 0 aliphatic heterocycles. The van der Waals surface area contributed by atoms with E-state index in [-0.39, 0.29) is 17.5 Å². The summed E-state index contributed by atoms with van der Waals surface area (Å²) in [5.74, 6) is -2.21. The van der Waals surface area contributed by atoms with Gasteiger partial charge in [0.05, 0.1) is 12.0 Å². The molecule has 5 heteroatoms. The second-order valence-electron chi connectivity index (χ2n) is 2.41. The molecule has 0 spiro atoms. The van der Waals surface area contributed by atoms with Gasteiger partial charge >= 0.3 is 11.9 Å². The van der Waals surface area contributed by atoms with E-state index in [2.05, 4.69) is 4.98 Å². The molecule has 0 amide bonds. The molecule has 1 aromatic rings. The summed E-state index contributed by atoms with van der Waals surface area (Å²) in [6, 6.07) is 1.28. The maximum atomic E-state index is 10.6. The fraction of sp³-hybridized carbons (Fsp3) is 0.125. The lowest BCUT2D eigenvalue weighted by Crippen LogP contribution is -2.08. The molecule has 0 aliphatic rings. The van der Waals surface area contributed by atoms with Crippen LogP contribution in [0.1, 0.15) is 15.9 Å². The number of carboxylic acids is 2. The summed E-state index contributed by atoms with van der Waals surface area (Å²) in [4.78, 5) is 24.6. The molecule has 1 aromatic heterocycles. The molecule has 0 aromatic carbocycles. The van der Waals surface area contributed by atoms with Crippen LogP contribution in [-0.2, 0) is 11.2 Å². The number of aliphatic carboxylic acids is 1. The van der Waals surface area contributed by atoms with Gasteiger partial charge in [-0.2, -0.15) is 0 Å². The van der Waals surface area contributed by atoms with Gasteiger partial charge in [0, 0.05) is 12.4 Å². The molecule has 0 atom stereocenters. The van der Waals surface area contributed by atoms with Crippen LogP contribution in [0, 0.1) is 0 Å². The fourth-order valence-electron chi connectivity index (χ4n) is 0.940. The Morgan fingerprint density at radius 2 is 2.08 bits per heavy atom. The molecule has 0 unspecified atom stereocenters. The highest BCUT2D eigenvalue weighted by atomic mass is 16.4. The van der Waals surface area contributed by atoms with Crippen LogP contribution >= 0.6 is 0 Å². The lowest BCUT2D eigenvalue weighted by molar-refractivity contribution is -0.136. The molecule has 0 saturated carbocycles. The second kappa shape index (κ2) is 3.66. The van der Waals surface area contributed by atoms with E-state index in [0.29, 0.717) is 0 Å². The number of aromatic carboxylic acids is 1. The van der Waals surface area contributed by atoms with Gasteiger partial charge in [-0.3, -0.25) is 9.78 Å². The first-order chi connectivity index (χ1) is 6.11. The third kappa shape index (κ3) is 2.26. The number of hydrogen-bond donors (Lipinski definition) is 2. The van der Waals surface area contributed by atoms with E-state index in [9.17, 15) is 9.59 Å². The lowest BCUT2D eigenvalue weighted by atomic mass is 10.1. The van der Waals surface area contributed by atoms with Crippen LogP contribution in [0.2, 0.25) is 0 Å². The average molecular weight is 181 g/mol. The molecule has 13 heavy (non-hydrogen) atoms. The molecule has 0 saturated heterocycles. The summed E-state index contributed by atoms with van der Waals surface area (Å²) in [6.45, 7) is 0. The number of carboxylic acid groups (broad SMARTS) is 2. The lowest BCUT2D eigenvalue weighted by Gasteiger charge is -2.00. The van der Waals surface area contributed by atoms with Crippen LogP contribution < -0.4 is 0 Å². The Labute approximate surface area is 73.7 Å². The number of aromatic nitrogens is 1. The van der Waals surface area contributed by atoms with Gasteiger partial charge in [0.15, 0.2) is 0 Å². The van der Waals surface area contributed by atoms with Crippen molar-refractivity contribution in [1.29, 1.82) is 0 Å². The van der Waals surface area contributed by atoms with Gasteiger partial charge in [-0.25, -0.2) is 4.79 Å². The predicted molar refractivity (Wildman–Crippen MR) is 42.5 cm³/mol. The van der Waals surface area contributed by atoms with Crippen molar-refractivity contribution in [1.82, 2.24) is 4.98 Å². The highest BCUT2D eigenvalue weighted by Gasteiger charge is 2.11. The molecule has 1 rings (SSSR count). The summed E-state index contributed by atoms with van der Waals surface area (Å²) in [5.41, 5.74) is 0.194. The highest BCUT2D eigenvalue weighted by molar-refractivity contribution is 5.90. The van der Waals surface area contributed by atoms with Crippen molar-refractivity contribution in [3.05, 3.63) is 29.6 Å². The van der Waals surface area contributed by atoms with Crippen LogP contribution in [0.4, 0.5) is 0 Å². The molecular weight excluding hydrogens is 174 g/mol. The van der Waals surface area contributed by atoms with Crippen LogP contribution in [0.3, 0.4) is 0 Å². The Bertz CT molecular complexity index is 348. The largest absolute Gasteiger partial charge is 0.481 e. The van der Waals surface area contributed by atoms with Gasteiger partial charge in [-0.1, -0.05) is 0 Å². The van der Waals surface area contributed by atoms with Crippen molar-refractivity contribution >= 4 is 11.9 Å². The van der Waals surface area contributed by atoms with Crippen LogP contribution in [-0.4, -0.2) is 27.1 Å². The predicted octanol–water partition coefficient (Wildman–Crippen LogP) is 0.407. The highest BCUT2D eigenvalue weighted by Crippen LogP contribution is 2.07. The number of pyridine rings is 1. The second-order valence-corrected chi connectivity index (χ2v) is 2.41.